The van der Waals surface area contributed by atoms with Crippen LogP contribution < -0.4 is 4.90 Å². The smallest absolute Gasteiger partial charge is 0.338 e. The molecular weight excluding hydrogens is 430 g/mol. The van der Waals surface area contributed by atoms with Gasteiger partial charge in [-0.2, -0.15) is 0 Å². The Bertz CT molecular complexity index is 1470. The molecule has 0 N–H and O–H groups in total. The molecule has 8 heteroatoms. The number of rotatable bonds is 4. The standard InChI is InChI=1S/C26H21N5O3/c1-15(2)31-14-27-29-24(31)22-4-3-5-23(28-22)30-12-18-8-6-16(10-20(18)25(30)32)17-7-9-19-13-34-26(33)21(19)11-17/h3-11,14-15H,12-13H2,1-2H3. The maximum atomic E-state index is 13.4. The molecule has 0 saturated heterocycles. The molecule has 168 valence electrons. The Balaban J connectivity index is 1.32. The molecular formula is C26H21N5O3. The van der Waals surface area contributed by atoms with Gasteiger partial charge in [0, 0.05) is 17.2 Å². The van der Waals surface area contributed by atoms with Crippen LogP contribution in [0.25, 0.3) is 22.6 Å². The summed E-state index contributed by atoms with van der Waals surface area (Å²) in [6, 6.07) is 17.3. The zero-order valence-corrected chi connectivity index (χ0v) is 18.7. The predicted molar refractivity (Wildman–Crippen MR) is 125 cm³/mol. The number of aromatic nitrogens is 4. The van der Waals surface area contributed by atoms with Crippen LogP contribution in [0.3, 0.4) is 0 Å². The average Bonchev–Trinajstić information content (AvgIpc) is 3.57. The molecule has 0 saturated carbocycles. The van der Waals surface area contributed by atoms with E-state index in [0.29, 0.717) is 41.6 Å². The summed E-state index contributed by atoms with van der Waals surface area (Å²) in [5, 5.41) is 8.25. The van der Waals surface area contributed by atoms with Gasteiger partial charge in [0.1, 0.15) is 24.4 Å². The van der Waals surface area contributed by atoms with Crippen LogP contribution in [-0.2, 0) is 17.9 Å². The number of cyclic esters (lactones) is 1. The van der Waals surface area contributed by atoms with Crippen molar-refractivity contribution in [2.75, 3.05) is 4.90 Å². The second-order valence-corrected chi connectivity index (χ2v) is 8.75. The number of hydrogen-bond donors (Lipinski definition) is 0. The molecule has 0 bridgehead atoms. The predicted octanol–water partition coefficient (Wildman–Crippen LogP) is 4.42. The summed E-state index contributed by atoms with van der Waals surface area (Å²) in [4.78, 5) is 31.7. The van der Waals surface area contributed by atoms with Crippen LogP contribution in [0.15, 0.2) is 60.9 Å². The van der Waals surface area contributed by atoms with Crippen molar-refractivity contribution in [1.82, 2.24) is 19.7 Å². The van der Waals surface area contributed by atoms with Gasteiger partial charge >= 0.3 is 5.97 Å². The summed E-state index contributed by atoms with van der Waals surface area (Å²) in [6.07, 6.45) is 1.69. The third-order valence-electron chi connectivity index (χ3n) is 6.31. The van der Waals surface area contributed by atoms with Crippen LogP contribution in [0.2, 0.25) is 0 Å². The Hall–Kier alpha value is -4.33. The Kier molecular flexibility index (Phi) is 4.55. The van der Waals surface area contributed by atoms with Crippen molar-refractivity contribution in [2.45, 2.75) is 33.0 Å². The molecule has 2 aromatic carbocycles. The van der Waals surface area contributed by atoms with E-state index in [1.54, 1.807) is 11.2 Å². The van der Waals surface area contributed by atoms with Gasteiger partial charge in [0.25, 0.3) is 5.91 Å². The molecule has 4 heterocycles. The van der Waals surface area contributed by atoms with Crippen molar-refractivity contribution >= 4 is 17.7 Å². The Morgan fingerprint density at radius 3 is 2.50 bits per heavy atom. The molecule has 2 aromatic heterocycles. The fourth-order valence-corrected chi connectivity index (χ4v) is 4.46. The van der Waals surface area contributed by atoms with Gasteiger partial charge in [-0.25, -0.2) is 9.78 Å². The van der Waals surface area contributed by atoms with Gasteiger partial charge in [-0.3, -0.25) is 9.69 Å². The number of esters is 1. The van der Waals surface area contributed by atoms with Crippen LogP contribution in [0.5, 0.6) is 0 Å². The van der Waals surface area contributed by atoms with Crippen molar-refractivity contribution in [2.24, 2.45) is 0 Å². The van der Waals surface area contributed by atoms with E-state index in [1.165, 1.54) is 0 Å². The van der Waals surface area contributed by atoms with E-state index in [2.05, 4.69) is 24.0 Å². The van der Waals surface area contributed by atoms with Gasteiger partial charge in [0.2, 0.25) is 0 Å². The topological polar surface area (TPSA) is 90.2 Å². The maximum absolute atomic E-state index is 13.4. The molecule has 2 aliphatic rings. The van der Waals surface area contributed by atoms with Gasteiger partial charge in [-0.05, 0) is 54.8 Å². The van der Waals surface area contributed by atoms with Crippen LogP contribution >= 0.6 is 0 Å². The van der Waals surface area contributed by atoms with E-state index < -0.39 is 0 Å². The zero-order valence-electron chi connectivity index (χ0n) is 18.7. The Labute approximate surface area is 195 Å². The van der Waals surface area contributed by atoms with Crippen molar-refractivity contribution in [3.8, 4) is 22.6 Å². The van der Waals surface area contributed by atoms with Crippen LogP contribution in [0.1, 0.15) is 51.7 Å². The first-order chi connectivity index (χ1) is 16.5. The van der Waals surface area contributed by atoms with E-state index in [0.717, 1.165) is 22.3 Å². The molecule has 34 heavy (non-hydrogen) atoms. The number of pyridine rings is 1. The molecule has 0 unspecified atom stereocenters. The third-order valence-corrected chi connectivity index (χ3v) is 6.31. The summed E-state index contributed by atoms with van der Waals surface area (Å²) in [7, 11) is 0. The van der Waals surface area contributed by atoms with Crippen molar-refractivity contribution in [3.63, 3.8) is 0 Å². The number of fused-ring (bicyclic) bond motifs is 2. The minimum atomic E-state index is -0.306. The summed E-state index contributed by atoms with van der Waals surface area (Å²) in [5.41, 5.74) is 5.46. The molecule has 8 nitrogen and oxygen atoms in total. The quantitative estimate of drug-likeness (QED) is 0.427. The number of hydrogen-bond acceptors (Lipinski definition) is 6. The second kappa shape index (κ2) is 7.62. The van der Waals surface area contributed by atoms with Crippen molar-refractivity contribution < 1.29 is 14.3 Å². The highest BCUT2D eigenvalue weighted by molar-refractivity contribution is 6.10. The fraction of sp³-hybridized carbons (Fsp3) is 0.192. The van der Waals surface area contributed by atoms with Gasteiger partial charge < -0.3 is 9.30 Å². The highest BCUT2D eigenvalue weighted by Gasteiger charge is 2.30. The minimum Gasteiger partial charge on any atom is -0.457 e. The largest absolute Gasteiger partial charge is 0.457 e. The van der Waals surface area contributed by atoms with E-state index in [4.69, 9.17) is 9.72 Å². The number of carbonyl (C=O) groups excluding carboxylic acids is 2. The van der Waals surface area contributed by atoms with Crippen LogP contribution in [0, 0.1) is 0 Å². The summed E-state index contributed by atoms with van der Waals surface area (Å²) in [5.74, 6) is 0.823. The van der Waals surface area contributed by atoms with Crippen LogP contribution in [0.4, 0.5) is 5.82 Å². The summed E-state index contributed by atoms with van der Waals surface area (Å²) in [6.45, 7) is 4.86. The molecule has 0 atom stereocenters. The lowest BCUT2D eigenvalue weighted by Crippen LogP contribution is -2.24. The summed E-state index contributed by atoms with van der Waals surface area (Å²) >= 11 is 0. The van der Waals surface area contributed by atoms with Gasteiger partial charge in [0.15, 0.2) is 5.82 Å². The zero-order chi connectivity index (χ0) is 23.4. The first-order valence-electron chi connectivity index (χ1n) is 11.1. The average molecular weight is 451 g/mol. The molecule has 4 aromatic rings. The number of ether oxygens (including phenoxy) is 1. The van der Waals surface area contributed by atoms with Crippen LogP contribution in [-0.4, -0.2) is 31.6 Å². The van der Waals surface area contributed by atoms with Gasteiger partial charge in [-0.1, -0.05) is 30.3 Å². The SMILES string of the molecule is CC(C)n1cnnc1-c1cccc(N2Cc3ccc(-c4ccc5c(c4)C(=O)OC5)cc3C2=O)n1. The maximum Gasteiger partial charge on any atom is 0.338 e. The minimum absolute atomic E-state index is 0.104. The lowest BCUT2D eigenvalue weighted by atomic mass is 9.97. The number of benzene rings is 2. The van der Waals surface area contributed by atoms with Gasteiger partial charge in [-0.15, -0.1) is 10.2 Å². The van der Waals surface area contributed by atoms with Crippen molar-refractivity contribution in [3.05, 3.63) is 83.2 Å². The number of anilines is 1. The van der Waals surface area contributed by atoms with E-state index in [9.17, 15) is 9.59 Å². The summed E-state index contributed by atoms with van der Waals surface area (Å²) < 4.78 is 7.06. The molecule has 0 aliphatic carbocycles. The lowest BCUT2D eigenvalue weighted by molar-refractivity contribution is 0.0535. The van der Waals surface area contributed by atoms with E-state index in [-0.39, 0.29) is 17.9 Å². The Morgan fingerprint density at radius 1 is 0.941 bits per heavy atom. The monoisotopic (exact) mass is 451 g/mol. The number of nitrogens with zero attached hydrogens (tertiary/aromatic N) is 5. The first kappa shape index (κ1) is 20.3. The molecule has 6 rings (SSSR count). The lowest BCUT2D eigenvalue weighted by Gasteiger charge is -2.16. The molecule has 0 spiro atoms. The van der Waals surface area contributed by atoms with E-state index >= 15 is 0 Å². The normalized spacial score (nSPS) is 14.5. The fourth-order valence-electron chi connectivity index (χ4n) is 4.46. The highest BCUT2D eigenvalue weighted by atomic mass is 16.5. The molecule has 1 amide bonds. The molecule has 0 fully saturated rings. The van der Waals surface area contributed by atoms with Crippen molar-refractivity contribution in [1.29, 1.82) is 0 Å². The first-order valence-corrected chi connectivity index (χ1v) is 11.1. The second-order valence-electron chi connectivity index (χ2n) is 8.75. The molecule has 0 radical (unpaired) electrons. The Morgan fingerprint density at radius 2 is 1.71 bits per heavy atom. The number of carbonyl (C=O) groups is 2. The van der Waals surface area contributed by atoms with E-state index in [1.807, 2.05) is 59.2 Å². The molecule has 2 aliphatic heterocycles. The third kappa shape index (κ3) is 3.18. The number of amides is 1. The van der Waals surface area contributed by atoms with Gasteiger partial charge in [0.05, 0.1) is 12.1 Å². The highest BCUT2D eigenvalue weighted by Crippen LogP contribution is 2.33.